The van der Waals surface area contributed by atoms with Gasteiger partial charge in [-0.05, 0) is 52.0 Å². The summed E-state index contributed by atoms with van der Waals surface area (Å²) in [5.74, 6) is 0.317. The van der Waals surface area contributed by atoms with E-state index in [1.54, 1.807) is 0 Å². The van der Waals surface area contributed by atoms with Gasteiger partial charge in [-0.3, -0.25) is 4.79 Å². The van der Waals surface area contributed by atoms with Gasteiger partial charge < -0.3 is 5.32 Å². The van der Waals surface area contributed by atoms with Gasteiger partial charge in [0.05, 0.1) is 18.5 Å². The molecule has 1 heterocycles. The highest BCUT2D eigenvalue weighted by Gasteiger charge is 2.16. The van der Waals surface area contributed by atoms with Crippen LogP contribution in [0.2, 0.25) is 0 Å². The van der Waals surface area contributed by atoms with Crippen molar-refractivity contribution >= 4 is 50.3 Å². The van der Waals surface area contributed by atoms with Gasteiger partial charge in [0.2, 0.25) is 5.91 Å². The average Bonchev–Trinajstić information content (AvgIpc) is 2.84. The molecule has 2 aromatic carbocycles. The Morgan fingerprint density at radius 1 is 1.23 bits per heavy atom. The molecule has 1 amide bonds. The second-order valence-electron chi connectivity index (χ2n) is 4.82. The number of nitrogens with one attached hydrogen (secondary N) is 2. The fourth-order valence-electron chi connectivity index (χ4n) is 2.20. The zero-order valence-electron chi connectivity index (χ0n) is 12.0. The largest absolute Gasteiger partial charge is 0.324 e. The van der Waals surface area contributed by atoms with Crippen LogP contribution in [-0.2, 0) is 11.8 Å². The number of aryl methyl sites for hydroxylation is 1. The lowest BCUT2D eigenvalue weighted by Crippen LogP contribution is -2.29. The van der Waals surface area contributed by atoms with Crippen LogP contribution in [-0.4, -0.2) is 16.6 Å². The molecule has 1 aromatic heterocycles. The summed E-state index contributed by atoms with van der Waals surface area (Å²) in [5, 5.41) is 3.87. The van der Waals surface area contributed by atoms with Crippen molar-refractivity contribution < 1.29 is 9.36 Å². The molecule has 22 heavy (non-hydrogen) atoms. The molecular weight excluding hydrogens is 362 g/mol. The number of H-pyrrole nitrogens is 1. The summed E-state index contributed by atoms with van der Waals surface area (Å²) in [4.78, 5) is 15.4. The summed E-state index contributed by atoms with van der Waals surface area (Å²) in [7, 11) is 1.99. The maximum absolute atomic E-state index is 12.1. The number of rotatable bonds is 4. The van der Waals surface area contributed by atoms with E-state index in [0.717, 1.165) is 26.3 Å². The van der Waals surface area contributed by atoms with Crippen LogP contribution in [0.3, 0.4) is 0 Å². The van der Waals surface area contributed by atoms with Crippen molar-refractivity contribution in [1.82, 2.24) is 4.98 Å². The van der Waals surface area contributed by atoms with Crippen molar-refractivity contribution in [1.29, 1.82) is 0 Å². The second-order valence-corrected chi connectivity index (χ2v) is 6.64. The van der Waals surface area contributed by atoms with Crippen molar-refractivity contribution in [3.05, 3.63) is 53.0 Å². The Hall–Kier alpha value is -1.79. The number of carbonyl (C=O) groups excluding carboxylic acids is 1. The molecule has 0 unspecified atom stereocenters. The number of imidazole rings is 1. The summed E-state index contributed by atoms with van der Waals surface area (Å²) in [6.45, 7) is 0. The highest BCUT2D eigenvalue weighted by Crippen LogP contribution is 2.22. The van der Waals surface area contributed by atoms with E-state index in [9.17, 15) is 4.79 Å². The summed E-state index contributed by atoms with van der Waals surface area (Å²) < 4.78 is 2.94. The van der Waals surface area contributed by atoms with Crippen LogP contribution in [0.4, 0.5) is 5.69 Å². The molecule has 0 aliphatic rings. The fraction of sp³-hybridized carbons (Fsp3) is 0.125. The zero-order valence-corrected chi connectivity index (χ0v) is 14.4. The molecule has 112 valence electrons. The Labute approximate surface area is 141 Å². The summed E-state index contributed by atoms with van der Waals surface area (Å²) >= 11 is 4.91. The second kappa shape index (κ2) is 6.54. The highest BCUT2D eigenvalue weighted by atomic mass is 79.9. The van der Waals surface area contributed by atoms with Crippen molar-refractivity contribution in [2.75, 3.05) is 11.1 Å². The van der Waals surface area contributed by atoms with Gasteiger partial charge in [-0.15, -0.1) is 0 Å². The lowest BCUT2D eigenvalue weighted by molar-refractivity contribution is -0.683. The first kappa shape index (κ1) is 15.1. The van der Waals surface area contributed by atoms with Crippen LogP contribution >= 0.6 is 27.7 Å². The predicted molar refractivity (Wildman–Crippen MR) is 93.0 cm³/mol. The van der Waals surface area contributed by atoms with E-state index in [-0.39, 0.29) is 5.91 Å². The van der Waals surface area contributed by atoms with Crippen LogP contribution in [0.5, 0.6) is 0 Å². The number of anilines is 1. The van der Waals surface area contributed by atoms with Crippen LogP contribution in [0.15, 0.2) is 58.2 Å². The number of nitrogens with zero attached hydrogens (tertiary/aromatic N) is 1. The molecule has 0 radical (unpaired) electrons. The number of aromatic amines is 1. The molecule has 0 aliphatic heterocycles. The van der Waals surface area contributed by atoms with Crippen LogP contribution < -0.4 is 9.88 Å². The molecule has 0 atom stereocenters. The Balaban J connectivity index is 1.68. The minimum atomic E-state index is -0.0319. The van der Waals surface area contributed by atoms with Gasteiger partial charge in [-0.1, -0.05) is 24.3 Å². The zero-order chi connectivity index (χ0) is 15.5. The van der Waals surface area contributed by atoms with Crippen molar-refractivity contribution in [2.45, 2.75) is 5.16 Å². The van der Waals surface area contributed by atoms with E-state index < -0.39 is 0 Å². The number of amides is 1. The Kier molecular flexibility index (Phi) is 4.49. The number of aromatic nitrogens is 2. The molecule has 0 spiro atoms. The highest BCUT2D eigenvalue weighted by molar-refractivity contribution is 9.10. The number of fused-ring (bicyclic) bond motifs is 1. The van der Waals surface area contributed by atoms with E-state index in [0.29, 0.717) is 5.75 Å². The Bertz CT molecular complexity index is 831. The summed E-state index contributed by atoms with van der Waals surface area (Å²) in [6, 6.07) is 15.7. The quantitative estimate of drug-likeness (QED) is 0.540. The molecule has 6 heteroatoms. The molecule has 3 rings (SSSR count). The van der Waals surface area contributed by atoms with E-state index in [2.05, 4.69) is 36.9 Å². The van der Waals surface area contributed by atoms with Gasteiger partial charge in [-0.2, -0.15) is 0 Å². The third kappa shape index (κ3) is 3.18. The first-order valence-electron chi connectivity index (χ1n) is 6.79. The van der Waals surface area contributed by atoms with Gasteiger partial charge in [0.1, 0.15) is 0 Å². The standard InChI is InChI=1S/C16H14BrN3OS/c1-20-14-9-5-4-8-13(14)19-16(20)22-10-15(21)18-12-7-3-2-6-11(12)17/h2-9H,10H2,1H3,(H,18,21)/p+1. The monoisotopic (exact) mass is 376 g/mol. The number of hydrogen-bond donors (Lipinski definition) is 2. The predicted octanol–water partition coefficient (Wildman–Crippen LogP) is 3.49. The Morgan fingerprint density at radius 2 is 1.95 bits per heavy atom. The molecule has 0 fully saturated rings. The van der Waals surface area contributed by atoms with E-state index in [4.69, 9.17) is 0 Å². The van der Waals surface area contributed by atoms with Crippen molar-refractivity contribution in [2.24, 2.45) is 7.05 Å². The third-order valence-corrected chi connectivity index (χ3v) is 5.05. The van der Waals surface area contributed by atoms with Crippen molar-refractivity contribution in [3.8, 4) is 0 Å². The van der Waals surface area contributed by atoms with E-state index >= 15 is 0 Å². The van der Waals surface area contributed by atoms with Gasteiger partial charge in [0, 0.05) is 4.47 Å². The van der Waals surface area contributed by atoms with Gasteiger partial charge in [0.15, 0.2) is 11.0 Å². The van der Waals surface area contributed by atoms with Gasteiger partial charge in [-0.25, -0.2) is 9.55 Å². The minimum absolute atomic E-state index is 0.0319. The summed E-state index contributed by atoms with van der Waals surface area (Å²) in [5.41, 5.74) is 2.98. The first-order valence-corrected chi connectivity index (χ1v) is 8.57. The third-order valence-electron chi connectivity index (χ3n) is 3.30. The molecular formula is C16H15BrN3OS+. The number of benzene rings is 2. The number of hydrogen-bond acceptors (Lipinski definition) is 2. The van der Waals surface area contributed by atoms with Crippen LogP contribution in [0.1, 0.15) is 0 Å². The molecule has 2 N–H and O–H groups in total. The number of thioether (sulfide) groups is 1. The molecule has 4 nitrogen and oxygen atoms in total. The number of halogens is 1. The number of carbonyl (C=O) groups is 1. The maximum atomic E-state index is 12.1. The smallest absolute Gasteiger partial charge is 0.317 e. The normalized spacial score (nSPS) is 10.8. The SMILES string of the molecule is C[n+]1c(SCC(=O)Nc2ccccc2Br)[nH]c2ccccc21. The molecule has 0 saturated heterocycles. The lowest BCUT2D eigenvalue weighted by Gasteiger charge is -2.05. The molecule has 0 bridgehead atoms. The minimum Gasteiger partial charge on any atom is -0.324 e. The van der Waals surface area contributed by atoms with Crippen LogP contribution in [0, 0.1) is 0 Å². The molecule has 3 aromatic rings. The summed E-state index contributed by atoms with van der Waals surface area (Å²) in [6.07, 6.45) is 0. The maximum Gasteiger partial charge on any atom is 0.317 e. The van der Waals surface area contributed by atoms with E-state index in [1.807, 2.05) is 49.5 Å². The fourth-order valence-corrected chi connectivity index (χ4v) is 3.39. The van der Waals surface area contributed by atoms with E-state index in [1.165, 1.54) is 11.8 Å². The Morgan fingerprint density at radius 3 is 2.73 bits per heavy atom. The van der Waals surface area contributed by atoms with Crippen LogP contribution in [0.25, 0.3) is 11.0 Å². The topological polar surface area (TPSA) is 48.8 Å². The molecule has 0 saturated carbocycles. The van der Waals surface area contributed by atoms with Gasteiger partial charge in [0.25, 0.3) is 0 Å². The molecule has 0 aliphatic carbocycles. The first-order chi connectivity index (χ1) is 10.6. The lowest BCUT2D eigenvalue weighted by atomic mass is 10.3. The van der Waals surface area contributed by atoms with Crippen molar-refractivity contribution in [3.63, 3.8) is 0 Å². The average molecular weight is 377 g/mol. The number of para-hydroxylation sites is 3. The van der Waals surface area contributed by atoms with Gasteiger partial charge >= 0.3 is 5.16 Å².